The highest BCUT2D eigenvalue weighted by molar-refractivity contribution is 9.10. The van der Waals surface area contributed by atoms with Crippen LogP contribution in [0.2, 0.25) is 0 Å². The Morgan fingerprint density at radius 3 is 2.47 bits per heavy atom. The zero-order valence-electron chi connectivity index (χ0n) is 19.9. The molecule has 0 aliphatic rings. The van der Waals surface area contributed by atoms with Crippen LogP contribution >= 0.6 is 27.7 Å². The summed E-state index contributed by atoms with van der Waals surface area (Å²) in [5.41, 5.74) is 1.62. The third kappa shape index (κ3) is 6.61. The van der Waals surface area contributed by atoms with Crippen LogP contribution in [0.15, 0.2) is 76.4 Å². The molecule has 0 atom stereocenters. The van der Waals surface area contributed by atoms with Gasteiger partial charge in [-0.25, -0.2) is 4.39 Å². The highest BCUT2D eigenvalue weighted by Gasteiger charge is 2.19. The number of rotatable bonds is 9. The maximum Gasteiger partial charge on any atom is 0.273 e. The molecule has 194 valence electrons. The lowest BCUT2D eigenvalue weighted by atomic mass is 10.1. The maximum absolute atomic E-state index is 13.1. The van der Waals surface area contributed by atoms with E-state index < -0.39 is 16.6 Å². The van der Waals surface area contributed by atoms with Crippen molar-refractivity contribution in [1.82, 2.24) is 20.1 Å². The molecule has 0 aliphatic carbocycles. The lowest BCUT2D eigenvalue weighted by Crippen LogP contribution is -2.25. The predicted molar refractivity (Wildman–Crippen MR) is 144 cm³/mol. The van der Waals surface area contributed by atoms with Gasteiger partial charge in [-0.1, -0.05) is 33.8 Å². The zero-order chi connectivity index (χ0) is 27.2. The van der Waals surface area contributed by atoms with Crippen molar-refractivity contribution in [3.8, 4) is 5.69 Å². The van der Waals surface area contributed by atoms with Crippen LogP contribution in [0.1, 0.15) is 21.7 Å². The minimum absolute atomic E-state index is 0.00539. The Morgan fingerprint density at radius 2 is 1.79 bits per heavy atom. The fourth-order valence-electron chi connectivity index (χ4n) is 3.43. The number of anilines is 1. The third-order valence-corrected chi connectivity index (χ3v) is 6.78. The van der Waals surface area contributed by atoms with Gasteiger partial charge in [0.25, 0.3) is 11.6 Å². The molecule has 0 saturated carbocycles. The van der Waals surface area contributed by atoms with Gasteiger partial charge in [-0.2, -0.15) is 0 Å². The molecule has 0 fully saturated rings. The van der Waals surface area contributed by atoms with Crippen LogP contribution in [0.25, 0.3) is 5.69 Å². The number of halogens is 2. The maximum atomic E-state index is 13.1. The molecule has 0 unspecified atom stereocenters. The van der Waals surface area contributed by atoms with Crippen LogP contribution in [0, 0.1) is 22.9 Å². The van der Waals surface area contributed by atoms with Crippen molar-refractivity contribution < 1.29 is 18.9 Å². The molecule has 1 heterocycles. The number of amides is 2. The molecule has 13 heteroatoms. The van der Waals surface area contributed by atoms with E-state index in [2.05, 4.69) is 36.8 Å². The molecule has 10 nitrogen and oxygen atoms in total. The number of hydrogen-bond acceptors (Lipinski definition) is 7. The van der Waals surface area contributed by atoms with Gasteiger partial charge < -0.3 is 10.6 Å². The second-order valence-corrected chi connectivity index (χ2v) is 9.85. The van der Waals surface area contributed by atoms with Crippen LogP contribution in [0.4, 0.5) is 15.8 Å². The number of nitrogens with one attached hydrogen (secondary N) is 2. The van der Waals surface area contributed by atoms with Crippen molar-refractivity contribution in [3.63, 3.8) is 0 Å². The Bertz CT molecular complexity index is 1490. The molecule has 4 aromatic rings. The molecule has 1 aromatic heterocycles. The molecule has 0 aliphatic heterocycles. The number of nitro groups is 1. The van der Waals surface area contributed by atoms with Gasteiger partial charge in [-0.05, 0) is 61.5 Å². The Hall–Kier alpha value is -4.10. The number of aryl methyl sites for hydroxylation is 1. The van der Waals surface area contributed by atoms with E-state index in [1.54, 1.807) is 11.5 Å². The second-order valence-electron chi connectivity index (χ2n) is 8.00. The molecule has 0 radical (unpaired) electrons. The van der Waals surface area contributed by atoms with Crippen LogP contribution in [0.5, 0.6) is 0 Å². The monoisotopic (exact) mass is 598 g/mol. The molecular formula is C25H20BrFN6O4S. The van der Waals surface area contributed by atoms with Gasteiger partial charge in [0.05, 0.1) is 17.2 Å². The minimum atomic E-state index is -0.536. The normalized spacial score (nSPS) is 10.7. The van der Waals surface area contributed by atoms with Crippen molar-refractivity contribution in [1.29, 1.82) is 0 Å². The first-order valence-corrected chi connectivity index (χ1v) is 12.9. The predicted octanol–water partition coefficient (Wildman–Crippen LogP) is 5.05. The summed E-state index contributed by atoms with van der Waals surface area (Å²) in [5.74, 6) is -0.830. The molecule has 4 rings (SSSR count). The molecule has 0 saturated heterocycles. The van der Waals surface area contributed by atoms with E-state index in [0.29, 0.717) is 27.9 Å². The van der Waals surface area contributed by atoms with E-state index >= 15 is 0 Å². The Kier molecular flexibility index (Phi) is 8.48. The van der Waals surface area contributed by atoms with Crippen molar-refractivity contribution in [3.05, 3.63) is 104 Å². The molecule has 2 amide bonds. The van der Waals surface area contributed by atoms with Crippen molar-refractivity contribution in [2.75, 3.05) is 11.1 Å². The van der Waals surface area contributed by atoms with Crippen molar-refractivity contribution in [2.24, 2.45) is 0 Å². The molecule has 0 spiro atoms. The van der Waals surface area contributed by atoms with E-state index in [1.807, 2.05) is 24.3 Å². The SMILES string of the molecule is Cc1ccc(C(=O)NCc2nnc(SCC(=O)Nc3ccc(F)cc3)n2-c2ccc(Br)cc2)cc1[N+](=O)[O-]. The Morgan fingerprint density at radius 1 is 1.08 bits per heavy atom. The summed E-state index contributed by atoms with van der Waals surface area (Å²) in [6.45, 7) is 1.57. The van der Waals surface area contributed by atoms with Gasteiger partial charge in [0.15, 0.2) is 11.0 Å². The number of aromatic nitrogens is 3. The number of nitrogens with zero attached hydrogens (tertiary/aromatic N) is 4. The van der Waals surface area contributed by atoms with Gasteiger partial charge in [0, 0.05) is 33.0 Å². The highest BCUT2D eigenvalue weighted by Crippen LogP contribution is 2.24. The number of benzene rings is 3. The lowest BCUT2D eigenvalue weighted by Gasteiger charge is -2.11. The summed E-state index contributed by atoms with van der Waals surface area (Å²) in [4.78, 5) is 35.9. The van der Waals surface area contributed by atoms with Gasteiger partial charge in [0.1, 0.15) is 5.82 Å². The van der Waals surface area contributed by atoms with E-state index in [4.69, 9.17) is 0 Å². The van der Waals surface area contributed by atoms with Crippen LogP contribution < -0.4 is 10.6 Å². The average Bonchev–Trinajstić information content (AvgIpc) is 3.30. The quantitative estimate of drug-likeness (QED) is 0.156. The standard InChI is InChI=1S/C25H20BrFN6O4S/c1-15-2-3-16(12-21(15)33(36)37)24(35)28-13-22-30-31-25(32(22)20-10-4-17(26)5-11-20)38-14-23(34)29-19-8-6-18(27)7-9-19/h2-12H,13-14H2,1H3,(H,28,35)(H,29,34). The summed E-state index contributed by atoms with van der Waals surface area (Å²) in [5, 5.41) is 25.5. The molecule has 38 heavy (non-hydrogen) atoms. The van der Waals surface area contributed by atoms with Crippen molar-refractivity contribution in [2.45, 2.75) is 18.6 Å². The fourth-order valence-corrected chi connectivity index (χ4v) is 4.46. The minimum Gasteiger partial charge on any atom is -0.345 e. The summed E-state index contributed by atoms with van der Waals surface area (Å²) < 4.78 is 15.7. The summed E-state index contributed by atoms with van der Waals surface area (Å²) in [7, 11) is 0. The highest BCUT2D eigenvalue weighted by atomic mass is 79.9. The van der Waals surface area contributed by atoms with Crippen LogP contribution in [0.3, 0.4) is 0 Å². The fraction of sp³-hybridized carbons (Fsp3) is 0.120. The summed E-state index contributed by atoms with van der Waals surface area (Å²) >= 11 is 4.54. The average molecular weight is 599 g/mol. The van der Waals surface area contributed by atoms with E-state index in [9.17, 15) is 24.1 Å². The largest absolute Gasteiger partial charge is 0.345 e. The number of thioether (sulfide) groups is 1. The summed E-state index contributed by atoms with van der Waals surface area (Å²) in [6.07, 6.45) is 0. The van der Waals surface area contributed by atoms with Gasteiger partial charge in [-0.15, -0.1) is 10.2 Å². The van der Waals surface area contributed by atoms with Crippen LogP contribution in [-0.2, 0) is 11.3 Å². The molecule has 0 bridgehead atoms. The first-order chi connectivity index (χ1) is 18.2. The number of hydrogen-bond donors (Lipinski definition) is 2. The number of carbonyl (C=O) groups excluding carboxylic acids is 2. The van der Waals surface area contributed by atoms with E-state index in [1.165, 1.54) is 42.5 Å². The lowest BCUT2D eigenvalue weighted by molar-refractivity contribution is -0.385. The van der Waals surface area contributed by atoms with E-state index in [0.717, 1.165) is 16.2 Å². The van der Waals surface area contributed by atoms with Gasteiger partial charge in [-0.3, -0.25) is 24.3 Å². The molecule has 3 aromatic carbocycles. The summed E-state index contributed by atoms with van der Waals surface area (Å²) in [6, 6.07) is 17.0. The van der Waals surface area contributed by atoms with Gasteiger partial charge >= 0.3 is 0 Å². The van der Waals surface area contributed by atoms with Gasteiger partial charge in [0.2, 0.25) is 5.91 Å². The smallest absolute Gasteiger partial charge is 0.273 e. The molecule has 2 N–H and O–H groups in total. The Balaban J connectivity index is 1.51. The Labute approximate surface area is 228 Å². The molecular weight excluding hydrogens is 579 g/mol. The van der Waals surface area contributed by atoms with Crippen LogP contribution in [-0.4, -0.2) is 37.3 Å². The number of carbonyl (C=O) groups is 2. The third-order valence-electron chi connectivity index (χ3n) is 5.32. The van der Waals surface area contributed by atoms with Crippen molar-refractivity contribution >= 4 is 50.9 Å². The first kappa shape index (κ1) is 26.9. The first-order valence-electron chi connectivity index (χ1n) is 11.1. The topological polar surface area (TPSA) is 132 Å². The zero-order valence-corrected chi connectivity index (χ0v) is 22.3. The second kappa shape index (κ2) is 12.0. The van der Waals surface area contributed by atoms with E-state index in [-0.39, 0.29) is 29.5 Å². The number of nitro benzene ring substituents is 1.